The van der Waals surface area contributed by atoms with Crippen molar-refractivity contribution in [2.45, 2.75) is 82.3 Å². The molecule has 0 radical (unpaired) electrons. The minimum Gasteiger partial charge on any atom is -0.508 e. The van der Waals surface area contributed by atoms with Crippen LogP contribution in [0.5, 0.6) is 11.8 Å². The van der Waals surface area contributed by atoms with Crippen molar-refractivity contribution in [3.8, 4) is 23.0 Å². The van der Waals surface area contributed by atoms with E-state index < -0.39 is 12.0 Å². The van der Waals surface area contributed by atoms with Crippen molar-refractivity contribution in [3.05, 3.63) is 34.7 Å². The average molecular weight is 598 g/mol. The molecule has 7 heterocycles. The van der Waals surface area contributed by atoms with Crippen LogP contribution >= 0.6 is 11.6 Å². The van der Waals surface area contributed by atoms with Crippen LogP contribution in [0.25, 0.3) is 22.2 Å². The Morgan fingerprint density at radius 3 is 2.81 bits per heavy atom. The fourth-order valence-electron chi connectivity index (χ4n) is 7.83. The van der Waals surface area contributed by atoms with Gasteiger partial charge < -0.3 is 14.7 Å². The first-order valence-corrected chi connectivity index (χ1v) is 15.9. The molecule has 2 aromatic heterocycles. The maximum absolute atomic E-state index is 16.6. The van der Waals surface area contributed by atoms with E-state index in [0.717, 1.165) is 70.1 Å². The van der Waals surface area contributed by atoms with E-state index in [4.69, 9.17) is 21.3 Å². The van der Waals surface area contributed by atoms with Crippen LogP contribution in [0, 0.1) is 11.7 Å². The first-order valence-electron chi connectivity index (χ1n) is 15.5. The lowest BCUT2D eigenvalue weighted by Gasteiger charge is -2.34. The minimum absolute atomic E-state index is 0.0377. The van der Waals surface area contributed by atoms with Gasteiger partial charge in [-0.3, -0.25) is 9.88 Å². The highest BCUT2D eigenvalue weighted by molar-refractivity contribution is 6.32. The summed E-state index contributed by atoms with van der Waals surface area (Å²) in [6.07, 6.45) is 11.4. The summed E-state index contributed by atoms with van der Waals surface area (Å²) in [6, 6.07) is 3.15. The number of piperidine rings is 1. The third-order valence-electron chi connectivity index (χ3n) is 9.92. The van der Waals surface area contributed by atoms with Gasteiger partial charge in [-0.25, -0.2) is 8.78 Å². The molecule has 1 aromatic carbocycles. The van der Waals surface area contributed by atoms with Crippen molar-refractivity contribution in [1.82, 2.24) is 19.9 Å². The molecule has 224 valence electrons. The van der Waals surface area contributed by atoms with E-state index >= 15 is 4.39 Å². The van der Waals surface area contributed by atoms with Crippen molar-refractivity contribution in [2.75, 3.05) is 37.7 Å². The first-order chi connectivity index (χ1) is 20.4. The number of phenolic OH excluding ortho intramolecular Hbond substituents is 1. The highest BCUT2D eigenvalue weighted by Crippen LogP contribution is 2.42. The molecule has 42 heavy (non-hydrogen) atoms. The SMILES string of the molecule is Oc1cc(Cl)c2c(c1)-c1ncc3c(nc(OC[C@@]45CCCN4C[C@H](F)C5)nc3c1F)N1CCCC(CCCCCC2)C1. The van der Waals surface area contributed by atoms with Crippen molar-refractivity contribution >= 4 is 28.3 Å². The Morgan fingerprint density at radius 1 is 1.05 bits per heavy atom. The van der Waals surface area contributed by atoms with Gasteiger partial charge in [-0.15, -0.1) is 0 Å². The van der Waals surface area contributed by atoms with Crippen LogP contribution in [-0.2, 0) is 6.42 Å². The van der Waals surface area contributed by atoms with Crippen LogP contribution in [0.3, 0.4) is 0 Å². The molecule has 8 rings (SSSR count). The highest BCUT2D eigenvalue weighted by Gasteiger charge is 2.49. The van der Waals surface area contributed by atoms with Gasteiger partial charge in [0.25, 0.3) is 0 Å². The van der Waals surface area contributed by atoms with Crippen molar-refractivity contribution in [3.63, 3.8) is 0 Å². The van der Waals surface area contributed by atoms with E-state index in [1.165, 1.54) is 25.0 Å². The monoisotopic (exact) mass is 597 g/mol. The Labute approximate surface area is 250 Å². The van der Waals surface area contributed by atoms with Gasteiger partial charge >= 0.3 is 6.01 Å². The van der Waals surface area contributed by atoms with Crippen LogP contribution in [0.15, 0.2) is 18.3 Å². The molecular weight excluding hydrogens is 560 g/mol. The van der Waals surface area contributed by atoms with Crippen molar-refractivity contribution < 1.29 is 18.6 Å². The van der Waals surface area contributed by atoms with Crippen LogP contribution in [0.4, 0.5) is 14.6 Å². The number of ether oxygens (including phenoxy) is 1. The van der Waals surface area contributed by atoms with Crippen LogP contribution < -0.4 is 9.64 Å². The van der Waals surface area contributed by atoms with E-state index in [0.29, 0.717) is 47.1 Å². The summed E-state index contributed by atoms with van der Waals surface area (Å²) < 4.78 is 37.3. The zero-order valence-corrected chi connectivity index (χ0v) is 24.7. The molecule has 3 saturated heterocycles. The zero-order chi connectivity index (χ0) is 28.8. The van der Waals surface area contributed by atoms with Crippen molar-refractivity contribution in [2.24, 2.45) is 5.92 Å². The number of anilines is 1. The van der Waals surface area contributed by atoms with Crippen molar-refractivity contribution in [1.29, 1.82) is 0 Å². The second-order valence-electron chi connectivity index (χ2n) is 12.7. The van der Waals surface area contributed by atoms with Gasteiger partial charge in [0, 0.05) is 42.8 Å². The molecule has 10 heteroatoms. The largest absolute Gasteiger partial charge is 0.508 e. The summed E-state index contributed by atoms with van der Waals surface area (Å²) in [5.41, 5.74) is 1.13. The second-order valence-corrected chi connectivity index (χ2v) is 13.1. The smallest absolute Gasteiger partial charge is 0.319 e. The Morgan fingerprint density at radius 2 is 1.90 bits per heavy atom. The molecule has 7 nitrogen and oxygen atoms in total. The Kier molecular flexibility index (Phi) is 7.59. The molecule has 6 bridgehead atoms. The molecule has 0 saturated carbocycles. The van der Waals surface area contributed by atoms with E-state index in [1.54, 1.807) is 6.20 Å². The van der Waals surface area contributed by atoms with Crippen LogP contribution in [0.1, 0.15) is 69.8 Å². The fourth-order valence-corrected chi connectivity index (χ4v) is 8.14. The lowest BCUT2D eigenvalue weighted by atomic mass is 9.91. The van der Waals surface area contributed by atoms with E-state index in [-0.39, 0.29) is 35.1 Å². The molecule has 3 fully saturated rings. The Hall–Kier alpha value is -2.78. The van der Waals surface area contributed by atoms with Gasteiger partial charge in [0.1, 0.15) is 35.6 Å². The van der Waals surface area contributed by atoms with Crippen LogP contribution in [0.2, 0.25) is 5.02 Å². The lowest BCUT2D eigenvalue weighted by Crippen LogP contribution is -2.43. The predicted octanol–water partition coefficient (Wildman–Crippen LogP) is 6.87. The standard InChI is InChI=1S/C32H38ClF2N5O2/c33-26-14-22(41)13-24-23(26)9-4-2-1-3-7-20-8-5-11-39(17-20)30-25-16-36-28(24)27(35)29(25)37-31(38-30)42-19-32-10-6-12-40(32)18-21(34)15-32/h13-14,16,20-21,41H,1-12,15,17-19H2/t20?,21-,32+/m1/s1. The number of rotatable bonds is 3. The number of alkyl halides is 1. The topological polar surface area (TPSA) is 74.6 Å². The Balaban J connectivity index is 1.35. The zero-order valence-electron chi connectivity index (χ0n) is 23.9. The van der Waals surface area contributed by atoms with Gasteiger partial charge in [-0.05, 0) is 75.1 Å². The average Bonchev–Trinajstić information content (AvgIpc) is 3.50. The summed E-state index contributed by atoms with van der Waals surface area (Å²) in [5.74, 6) is 0.552. The molecule has 3 aromatic rings. The predicted molar refractivity (Wildman–Crippen MR) is 160 cm³/mol. The summed E-state index contributed by atoms with van der Waals surface area (Å²) in [7, 11) is 0. The third kappa shape index (κ3) is 5.17. The normalized spacial score (nSPS) is 26.6. The van der Waals surface area contributed by atoms with Gasteiger partial charge in [-0.2, -0.15) is 9.97 Å². The number of aromatic hydroxyl groups is 1. The molecule has 0 amide bonds. The second kappa shape index (κ2) is 11.4. The van der Waals surface area contributed by atoms with E-state index in [9.17, 15) is 9.50 Å². The fraction of sp³-hybridized carbons (Fsp3) is 0.594. The van der Waals surface area contributed by atoms with E-state index in [1.807, 2.05) is 0 Å². The molecule has 3 atom stereocenters. The van der Waals surface area contributed by atoms with Gasteiger partial charge in [0.2, 0.25) is 0 Å². The van der Waals surface area contributed by atoms with Crippen LogP contribution in [-0.4, -0.2) is 69.5 Å². The quantitative estimate of drug-likeness (QED) is 0.353. The summed E-state index contributed by atoms with van der Waals surface area (Å²) >= 11 is 6.61. The van der Waals surface area contributed by atoms with Gasteiger partial charge in [0.05, 0.1) is 10.9 Å². The number of benzene rings is 1. The molecule has 1 N–H and O–H groups in total. The number of phenols is 1. The Bertz CT molecular complexity index is 1490. The number of hydrogen-bond donors (Lipinski definition) is 1. The maximum Gasteiger partial charge on any atom is 0.319 e. The molecular formula is C32H38ClF2N5O2. The first kappa shape index (κ1) is 28.0. The summed E-state index contributed by atoms with van der Waals surface area (Å²) in [6.45, 7) is 3.23. The summed E-state index contributed by atoms with van der Waals surface area (Å²) in [5, 5.41) is 11.3. The third-order valence-corrected chi connectivity index (χ3v) is 10.3. The number of nitrogens with zero attached hydrogens (tertiary/aromatic N) is 5. The molecule has 5 aliphatic heterocycles. The van der Waals surface area contributed by atoms with Gasteiger partial charge in [-0.1, -0.05) is 30.9 Å². The van der Waals surface area contributed by atoms with E-state index in [2.05, 4.69) is 19.8 Å². The molecule has 0 spiro atoms. The number of fused-ring (bicyclic) bond motifs is 7. The van der Waals surface area contributed by atoms with Gasteiger partial charge in [0.15, 0.2) is 5.82 Å². The molecule has 0 aliphatic carbocycles. The highest BCUT2D eigenvalue weighted by atomic mass is 35.5. The number of pyridine rings is 1. The number of hydrogen-bond acceptors (Lipinski definition) is 7. The molecule has 5 aliphatic rings. The lowest BCUT2D eigenvalue weighted by molar-refractivity contribution is 0.107. The number of halogens is 3. The number of aromatic nitrogens is 3. The minimum atomic E-state index is -0.867. The molecule has 1 unspecified atom stereocenters. The summed E-state index contributed by atoms with van der Waals surface area (Å²) in [4.78, 5) is 18.5. The maximum atomic E-state index is 16.6.